The number of rotatable bonds is 2. The van der Waals surface area contributed by atoms with Gasteiger partial charge in [-0.2, -0.15) is 4.98 Å². The molecule has 0 unspecified atom stereocenters. The van der Waals surface area contributed by atoms with Gasteiger partial charge in [0.1, 0.15) is 5.52 Å². The molecule has 1 aliphatic rings. The average molecular weight is 280 g/mol. The van der Waals surface area contributed by atoms with Crippen molar-refractivity contribution < 1.29 is 9.21 Å². The van der Waals surface area contributed by atoms with Crippen LogP contribution in [-0.2, 0) is 4.79 Å². The Kier molecular flexibility index (Phi) is 3.40. The van der Waals surface area contributed by atoms with Crippen molar-refractivity contribution in [2.24, 2.45) is 0 Å². The van der Waals surface area contributed by atoms with Crippen LogP contribution >= 0.6 is 11.6 Å². The molecule has 2 aromatic rings. The Bertz CT molecular complexity index is 605. The van der Waals surface area contributed by atoms with Crippen LogP contribution in [0.25, 0.3) is 11.1 Å². The molecule has 1 amide bonds. The fraction of sp³-hybridized carbons (Fsp3) is 0.385. The number of carbonyl (C=O) groups excluding carboxylic acids is 1. The van der Waals surface area contributed by atoms with Gasteiger partial charge in [-0.1, -0.05) is 18.0 Å². The summed E-state index contributed by atoms with van der Waals surface area (Å²) in [5, 5.41) is 6.47. The number of aromatic nitrogens is 1. The molecule has 1 aromatic heterocycles. The largest absolute Gasteiger partial charge is 0.423 e. The van der Waals surface area contributed by atoms with Crippen molar-refractivity contribution in [2.45, 2.75) is 25.3 Å². The third-order valence-electron chi connectivity index (χ3n) is 3.21. The highest BCUT2D eigenvalue weighted by atomic mass is 35.5. The Morgan fingerprint density at radius 1 is 1.47 bits per heavy atom. The van der Waals surface area contributed by atoms with E-state index in [2.05, 4.69) is 15.6 Å². The highest BCUT2D eigenvalue weighted by molar-refractivity contribution is 6.31. The number of hydrogen-bond donors (Lipinski definition) is 2. The summed E-state index contributed by atoms with van der Waals surface area (Å²) in [5.41, 5.74) is 1.25. The van der Waals surface area contributed by atoms with Crippen molar-refractivity contribution in [1.29, 1.82) is 0 Å². The molecular weight excluding hydrogens is 266 g/mol. The van der Waals surface area contributed by atoms with Gasteiger partial charge in [-0.25, -0.2) is 0 Å². The first kappa shape index (κ1) is 12.4. The van der Waals surface area contributed by atoms with Crippen LogP contribution in [0, 0.1) is 0 Å². The summed E-state index contributed by atoms with van der Waals surface area (Å²) in [6, 6.07) is 5.22. The third kappa shape index (κ3) is 2.72. The van der Waals surface area contributed by atoms with Gasteiger partial charge < -0.3 is 9.73 Å². The predicted octanol–water partition coefficient (Wildman–Crippen LogP) is 2.56. The van der Waals surface area contributed by atoms with E-state index in [9.17, 15) is 4.79 Å². The van der Waals surface area contributed by atoms with E-state index < -0.39 is 0 Å². The molecule has 1 saturated heterocycles. The van der Waals surface area contributed by atoms with E-state index in [1.165, 1.54) is 0 Å². The number of anilines is 1. The van der Waals surface area contributed by atoms with Crippen molar-refractivity contribution in [3.63, 3.8) is 0 Å². The zero-order valence-corrected chi connectivity index (χ0v) is 11.0. The number of piperidine rings is 1. The molecule has 5 nitrogen and oxygen atoms in total. The lowest BCUT2D eigenvalue weighted by molar-refractivity contribution is -0.118. The molecule has 0 radical (unpaired) electrons. The van der Waals surface area contributed by atoms with E-state index in [0.717, 1.165) is 25.8 Å². The molecule has 0 aliphatic carbocycles. The second-order valence-corrected chi connectivity index (χ2v) is 5.06. The maximum atomic E-state index is 12.0. The molecular formula is C13H14ClN3O2. The Hall–Kier alpha value is -1.59. The Morgan fingerprint density at radius 3 is 3.16 bits per heavy atom. The van der Waals surface area contributed by atoms with Gasteiger partial charge in [0.15, 0.2) is 5.58 Å². The smallest absolute Gasteiger partial charge is 0.302 e. The van der Waals surface area contributed by atoms with Crippen molar-refractivity contribution in [1.82, 2.24) is 10.3 Å². The lowest BCUT2D eigenvalue weighted by Crippen LogP contribution is -2.43. The summed E-state index contributed by atoms with van der Waals surface area (Å²) in [7, 11) is 0. The zero-order valence-electron chi connectivity index (χ0n) is 10.3. The fourth-order valence-electron chi connectivity index (χ4n) is 2.22. The summed E-state index contributed by atoms with van der Waals surface area (Å²) in [4.78, 5) is 16.2. The molecule has 0 spiro atoms. The Labute approximate surface area is 115 Å². The lowest BCUT2D eigenvalue weighted by atomic mass is 10.0. The van der Waals surface area contributed by atoms with E-state index >= 15 is 0 Å². The van der Waals surface area contributed by atoms with E-state index in [1.54, 1.807) is 18.2 Å². The van der Waals surface area contributed by atoms with Crippen molar-refractivity contribution in [3.8, 4) is 0 Å². The molecule has 1 aromatic carbocycles. The van der Waals surface area contributed by atoms with Gasteiger partial charge in [0.05, 0.1) is 6.04 Å². The highest BCUT2D eigenvalue weighted by Gasteiger charge is 2.21. The van der Waals surface area contributed by atoms with Crippen molar-refractivity contribution in [2.75, 3.05) is 11.9 Å². The molecule has 0 saturated carbocycles. The molecule has 3 rings (SSSR count). The summed E-state index contributed by atoms with van der Waals surface area (Å²) in [5.74, 6) is -0.0997. The second kappa shape index (κ2) is 5.19. The van der Waals surface area contributed by atoms with Gasteiger partial charge in [-0.05, 0) is 37.6 Å². The number of nitrogens with zero attached hydrogens (tertiary/aromatic N) is 1. The number of oxazole rings is 1. The van der Waals surface area contributed by atoms with Crippen LogP contribution in [0.5, 0.6) is 0 Å². The van der Waals surface area contributed by atoms with Crippen molar-refractivity contribution >= 4 is 34.6 Å². The SMILES string of the molecule is O=C(Nc1nc2cc(Cl)ccc2o1)[C@@H]1CCCCN1. The van der Waals surface area contributed by atoms with Crippen LogP contribution in [0.3, 0.4) is 0 Å². The molecule has 6 heteroatoms. The standard InChI is InChI=1S/C13H14ClN3O2/c14-8-4-5-11-10(7-8)16-13(19-11)17-12(18)9-3-1-2-6-15-9/h4-5,7,9,15H,1-3,6H2,(H,16,17,18)/t9-/m0/s1. The highest BCUT2D eigenvalue weighted by Crippen LogP contribution is 2.22. The summed E-state index contributed by atoms with van der Waals surface area (Å²) in [6.07, 6.45) is 3.03. The minimum Gasteiger partial charge on any atom is -0.423 e. The maximum Gasteiger partial charge on any atom is 0.302 e. The minimum absolute atomic E-state index is 0.0997. The van der Waals surface area contributed by atoms with E-state index in [1.807, 2.05) is 0 Å². The quantitative estimate of drug-likeness (QED) is 0.887. The summed E-state index contributed by atoms with van der Waals surface area (Å²) >= 11 is 5.88. The van der Waals surface area contributed by atoms with E-state index in [0.29, 0.717) is 16.1 Å². The van der Waals surface area contributed by atoms with Crippen LogP contribution in [0.15, 0.2) is 22.6 Å². The zero-order chi connectivity index (χ0) is 13.2. The van der Waals surface area contributed by atoms with Crippen LogP contribution in [0.2, 0.25) is 5.02 Å². The third-order valence-corrected chi connectivity index (χ3v) is 3.44. The number of nitrogens with one attached hydrogen (secondary N) is 2. The molecule has 2 heterocycles. The number of fused-ring (bicyclic) bond motifs is 1. The predicted molar refractivity (Wildman–Crippen MR) is 73.3 cm³/mol. The fourth-order valence-corrected chi connectivity index (χ4v) is 2.39. The molecule has 1 fully saturated rings. The van der Waals surface area contributed by atoms with Crippen LogP contribution in [0.4, 0.5) is 6.01 Å². The number of carbonyl (C=O) groups is 1. The first-order chi connectivity index (χ1) is 9.22. The van der Waals surface area contributed by atoms with Gasteiger partial charge in [0.2, 0.25) is 5.91 Å². The molecule has 1 atom stereocenters. The normalized spacial score (nSPS) is 19.5. The van der Waals surface area contributed by atoms with Gasteiger partial charge in [0, 0.05) is 5.02 Å². The first-order valence-corrected chi connectivity index (χ1v) is 6.70. The van der Waals surface area contributed by atoms with Crippen LogP contribution in [-0.4, -0.2) is 23.5 Å². The Morgan fingerprint density at radius 2 is 2.37 bits per heavy atom. The van der Waals surface area contributed by atoms with Gasteiger partial charge in [-0.15, -0.1) is 0 Å². The van der Waals surface area contributed by atoms with Crippen LogP contribution in [0.1, 0.15) is 19.3 Å². The Balaban J connectivity index is 1.75. The molecule has 19 heavy (non-hydrogen) atoms. The first-order valence-electron chi connectivity index (χ1n) is 6.33. The van der Waals surface area contributed by atoms with E-state index in [4.69, 9.17) is 16.0 Å². The van der Waals surface area contributed by atoms with Crippen molar-refractivity contribution in [3.05, 3.63) is 23.2 Å². The summed E-state index contributed by atoms with van der Waals surface area (Å²) in [6.45, 7) is 0.876. The lowest BCUT2D eigenvalue weighted by Gasteiger charge is -2.21. The molecule has 0 bridgehead atoms. The van der Waals surface area contributed by atoms with Gasteiger partial charge in [0.25, 0.3) is 0 Å². The second-order valence-electron chi connectivity index (χ2n) is 4.62. The summed E-state index contributed by atoms with van der Waals surface area (Å²) < 4.78 is 5.46. The minimum atomic E-state index is -0.160. The van der Waals surface area contributed by atoms with Crippen LogP contribution < -0.4 is 10.6 Å². The topological polar surface area (TPSA) is 67.2 Å². The monoisotopic (exact) mass is 279 g/mol. The van der Waals surface area contributed by atoms with E-state index in [-0.39, 0.29) is 18.0 Å². The number of halogens is 1. The number of amides is 1. The number of hydrogen-bond acceptors (Lipinski definition) is 4. The molecule has 1 aliphatic heterocycles. The molecule has 2 N–H and O–H groups in total. The van der Waals surface area contributed by atoms with Gasteiger partial charge in [-0.3, -0.25) is 10.1 Å². The number of benzene rings is 1. The molecule has 100 valence electrons. The van der Waals surface area contributed by atoms with Gasteiger partial charge >= 0.3 is 6.01 Å². The maximum absolute atomic E-state index is 12.0. The average Bonchev–Trinajstić information content (AvgIpc) is 2.81.